The Labute approximate surface area is 88.3 Å². The standard InChI is InChI=1S/C10H15N5/c1-7-5-8(15(2)14-7)6-9(11)10-12-3-4-13-10/h3-5,9H,6,11H2,1-2H3,(H,12,13). The van der Waals surface area contributed by atoms with Crippen LogP contribution in [0.25, 0.3) is 0 Å². The van der Waals surface area contributed by atoms with Crippen molar-refractivity contribution >= 4 is 0 Å². The van der Waals surface area contributed by atoms with Gasteiger partial charge >= 0.3 is 0 Å². The number of H-pyrrole nitrogens is 1. The van der Waals surface area contributed by atoms with E-state index in [1.54, 1.807) is 12.4 Å². The topological polar surface area (TPSA) is 72.5 Å². The van der Waals surface area contributed by atoms with Gasteiger partial charge in [0.05, 0.1) is 11.7 Å². The van der Waals surface area contributed by atoms with E-state index in [0.29, 0.717) is 0 Å². The summed E-state index contributed by atoms with van der Waals surface area (Å²) in [5.74, 6) is 0.814. The minimum Gasteiger partial charge on any atom is -0.347 e. The number of aromatic nitrogens is 4. The Kier molecular flexibility index (Phi) is 2.55. The summed E-state index contributed by atoms with van der Waals surface area (Å²) in [6.45, 7) is 1.97. The van der Waals surface area contributed by atoms with Crippen LogP contribution in [-0.4, -0.2) is 19.7 Å². The number of nitrogens with zero attached hydrogens (tertiary/aromatic N) is 3. The van der Waals surface area contributed by atoms with Gasteiger partial charge in [0.15, 0.2) is 0 Å². The molecule has 3 N–H and O–H groups in total. The zero-order valence-electron chi connectivity index (χ0n) is 8.94. The van der Waals surface area contributed by atoms with E-state index in [-0.39, 0.29) is 6.04 Å². The highest BCUT2D eigenvalue weighted by Crippen LogP contribution is 2.12. The summed E-state index contributed by atoms with van der Waals surface area (Å²) in [5, 5.41) is 4.28. The van der Waals surface area contributed by atoms with Gasteiger partial charge in [-0.25, -0.2) is 4.98 Å². The Morgan fingerprint density at radius 3 is 2.93 bits per heavy atom. The first kappa shape index (κ1) is 9.92. The summed E-state index contributed by atoms with van der Waals surface area (Å²) >= 11 is 0. The van der Waals surface area contributed by atoms with E-state index in [1.807, 2.05) is 24.7 Å². The fourth-order valence-electron chi connectivity index (χ4n) is 1.66. The molecule has 0 aliphatic heterocycles. The molecule has 0 fully saturated rings. The van der Waals surface area contributed by atoms with Crippen LogP contribution in [0.15, 0.2) is 18.5 Å². The van der Waals surface area contributed by atoms with Crippen LogP contribution in [0.5, 0.6) is 0 Å². The Morgan fingerprint density at radius 2 is 2.40 bits per heavy atom. The van der Waals surface area contributed by atoms with Gasteiger partial charge in [-0.3, -0.25) is 4.68 Å². The van der Waals surface area contributed by atoms with Crippen LogP contribution in [0.3, 0.4) is 0 Å². The predicted molar refractivity (Wildman–Crippen MR) is 57.2 cm³/mol. The van der Waals surface area contributed by atoms with E-state index in [4.69, 9.17) is 5.73 Å². The Balaban J connectivity index is 2.12. The molecule has 0 saturated heterocycles. The number of hydrogen-bond acceptors (Lipinski definition) is 3. The molecule has 0 amide bonds. The van der Waals surface area contributed by atoms with Crippen LogP contribution in [0, 0.1) is 6.92 Å². The van der Waals surface area contributed by atoms with Crippen molar-refractivity contribution in [1.29, 1.82) is 0 Å². The summed E-state index contributed by atoms with van der Waals surface area (Å²) in [7, 11) is 1.93. The number of rotatable bonds is 3. The third kappa shape index (κ3) is 2.07. The second-order valence-electron chi connectivity index (χ2n) is 3.69. The highest BCUT2D eigenvalue weighted by molar-refractivity contribution is 5.11. The molecule has 2 aromatic rings. The van der Waals surface area contributed by atoms with Crippen molar-refractivity contribution in [3.8, 4) is 0 Å². The lowest BCUT2D eigenvalue weighted by Gasteiger charge is -2.08. The van der Waals surface area contributed by atoms with Crippen LogP contribution in [0.4, 0.5) is 0 Å². The molecule has 0 aliphatic rings. The summed E-state index contributed by atoms with van der Waals surface area (Å²) in [4.78, 5) is 7.16. The minimum absolute atomic E-state index is 0.102. The van der Waals surface area contributed by atoms with E-state index >= 15 is 0 Å². The van der Waals surface area contributed by atoms with E-state index in [0.717, 1.165) is 23.6 Å². The van der Waals surface area contributed by atoms with Gasteiger partial charge in [-0.1, -0.05) is 0 Å². The fourth-order valence-corrected chi connectivity index (χ4v) is 1.66. The molecule has 0 aliphatic carbocycles. The molecule has 5 heteroatoms. The normalized spacial score (nSPS) is 13.0. The maximum atomic E-state index is 6.01. The highest BCUT2D eigenvalue weighted by Gasteiger charge is 2.12. The smallest absolute Gasteiger partial charge is 0.123 e. The molecule has 1 unspecified atom stereocenters. The molecule has 5 nitrogen and oxygen atoms in total. The van der Waals surface area contributed by atoms with Gasteiger partial charge in [0, 0.05) is 31.6 Å². The molecule has 0 bridgehead atoms. The highest BCUT2D eigenvalue weighted by atomic mass is 15.3. The fraction of sp³-hybridized carbons (Fsp3) is 0.400. The van der Waals surface area contributed by atoms with Crippen molar-refractivity contribution in [2.45, 2.75) is 19.4 Å². The quantitative estimate of drug-likeness (QED) is 0.774. The molecule has 0 aromatic carbocycles. The lowest BCUT2D eigenvalue weighted by molar-refractivity contribution is 0.619. The summed E-state index contributed by atoms with van der Waals surface area (Å²) in [6, 6.07) is 1.94. The number of nitrogens with two attached hydrogens (primary N) is 1. The van der Waals surface area contributed by atoms with Crippen molar-refractivity contribution in [3.05, 3.63) is 35.7 Å². The Bertz CT molecular complexity index is 429. The van der Waals surface area contributed by atoms with Crippen LogP contribution in [-0.2, 0) is 13.5 Å². The van der Waals surface area contributed by atoms with Gasteiger partial charge in [-0.05, 0) is 13.0 Å². The maximum absolute atomic E-state index is 6.01. The number of nitrogens with one attached hydrogen (secondary N) is 1. The first-order chi connectivity index (χ1) is 7.16. The average Bonchev–Trinajstić information content (AvgIpc) is 2.76. The second-order valence-corrected chi connectivity index (χ2v) is 3.69. The monoisotopic (exact) mass is 205 g/mol. The van der Waals surface area contributed by atoms with Gasteiger partial charge in [0.25, 0.3) is 0 Å². The number of aryl methyl sites for hydroxylation is 2. The molecule has 80 valence electrons. The molecular weight excluding hydrogens is 190 g/mol. The molecule has 15 heavy (non-hydrogen) atoms. The summed E-state index contributed by atoms with van der Waals surface area (Å²) in [6.07, 6.45) is 4.23. The van der Waals surface area contributed by atoms with E-state index in [2.05, 4.69) is 15.1 Å². The van der Waals surface area contributed by atoms with Crippen LogP contribution in [0.1, 0.15) is 23.3 Å². The van der Waals surface area contributed by atoms with Gasteiger partial charge in [-0.2, -0.15) is 5.10 Å². The average molecular weight is 205 g/mol. The van der Waals surface area contributed by atoms with Crippen molar-refractivity contribution in [2.75, 3.05) is 0 Å². The third-order valence-corrected chi connectivity index (χ3v) is 2.40. The third-order valence-electron chi connectivity index (χ3n) is 2.40. The largest absolute Gasteiger partial charge is 0.347 e. The zero-order valence-corrected chi connectivity index (χ0v) is 8.94. The predicted octanol–water partition coefficient (Wildman–Crippen LogP) is 0.694. The van der Waals surface area contributed by atoms with Crippen LogP contribution >= 0.6 is 0 Å². The van der Waals surface area contributed by atoms with Gasteiger partial charge < -0.3 is 10.7 Å². The lowest BCUT2D eigenvalue weighted by atomic mass is 10.1. The Hall–Kier alpha value is -1.62. The van der Waals surface area contributed by atoms with Crippen molar-refractivity contribution in [1.82, 2.24) is 19.7 Å². The molecule has 1 atom stereocenters. The van der Waals surface area contributed by atoms with E-state index in [1.165, 1.54) is 0 Å². The number of aromatic amines is 1. The molecule has 0 spiro atoms. The number of hydrogen-bond donors (Lipinski definition) is 2. The van der Waals surface area contributed by atoms with E-state index < -0.39 is 0 Å². The molecular formula is C10H15N5. The van der Waals surface area contributed by atoms with Gasteiger partial charge in [0.1, 0.15) is 5.82 Å². The SMILES string of the molecule is Cc1cc(CC(N)c2ncc[nH]2)n(C)n1. The first-order valence-electron chi connectivity index (χ1n) is 4.91. The minimum atomic E-state index is -0.102. The van der Waals surface area contributed by atoms with Crippen LogP contribution in [0.2, 0.25) is 0 Å². The Morgan fingerprint density at radius 1 is 1.60 bits per heavy atom. The van der Waals surface area contributed by atoms with Crippen molar-refractivity contribution in [2.24, 2.45) is 12.8 Å². The molecule has 0 radical (unpaired) electrons. The second kappa shape index (κ2) is 3.86. The first-order valence-corrected chi connectivity index (χ1v) is 4.91. The summed E-state index contributed by atoms with van der Waals surface area (Å²) in [5.41, 5.74) is 8.15. The van der Waals surface area contributed by atoms with Crippen molar-refractivity contribution in [3.63, 3.8) is 0 Å². The van der Waals surface area contributed by atoms with Crippen molar-refractivity contribution < 1.29 is 0 Å². The molecule has 2 rings (SSSR count). The number of imidazole rings is 1. The van der Waals surface area contributed by atoms with Gasteiger partial charge in [-0.15, -0.1) is 0 Å². The lowest BCUT2D eigenvalue weighted by Crippen LogP contribution is -2.16. The molecule has 2 aromatic heterocycles. The van der Waals surface area contributed by atoms with Crippen LogP contribution < -0.4 is 5.73 Å². The van der Waals surface area contributed by atoms with E-state index in [9.17, 15) is 0 Å². The maximum Gasteiger partial charge on any atom is 0.123 e. The van der Waals surface area contributed by atoms with Gasteiger partial charge in [0.2, 0.25) is 0 Å². The summed E-state index contributed by atoms with van der Waals surface area (Å²) < 4.78 is 1.86. The zero-order chi connectivity index (χ0) is 10.8. The molecule has 2 heterocycles. The molecule has 0 saturated carbocycles.